The van der Waals surface area contributed by atoms with E-state index < -0.39 is 10.5 Å². The summed E-state index contributed by atoms with van der Waals surface area (Å²) in [6.07, 6.45) is 2.42. The lowest BCUT2D eigenvalue weighted by atomic mass is 9.90. The monoisotopic (exact) mass is 285 g/mol. The summed E-state index contributed by atoms with van der Waals surface area (Å²) in [5, 5.41) is 14.5. The molecule has 108 valence electrons. The summed E-state index contributed by atoms with van der Waals surface area (Å²) in [7, 11) is 0. The molecule has 3 rings (SSSR count). The number of aromatic nitrogens is 1. The molecule has 0 radical (unpaired) electrons. The number of benzene rings is 1. The first kappa shape index (κ1) is 13.4. The Morgan fingerprint density at radius 2 is 2.24 bits per heavy atom. The normalized spacial score (nSPS) is 20.0. The van der Waals surface area contributed by atoms with Gasteiger partial charge in [0.2, 0.25) is 0 Å². The van der Waals surface area contributed by atoms with E-state index in [1.165, 1.54) is 6.07 Å². The molecular formula is C15H15N3O3. The molecule has 0 bridgehead atoms. The molecule has 6 heteroatoms. The summed E-state index contributed by atoms with van der Waals surface area (Å²) in [5.41, 5.74) is 0.693. The molecule has 21 heavy (non-hydrogen) atoms. The van der Waals surface area contributed by atoms with Gasteiger partial charge in [0.1, 0.15) is 17.9 Å². The van der Waals surface area contributed by atoms with Crippen LogP contribution in [0.1, 0.15) is 19.0 Å². The molecule has 1 aromatic heterocycles. The first-order chi connectivity index (χ1) is 10.2. The van der Waals surface area contributed by atoms with E-state index in [-0.39, 0.29) is 5.69 Å². The molecule has 1 aliphatic rings. The van der Waals surface area contributed by atoms with E-state index in [1.54, 1.807) is 18.3 Å². The Balaban J connectivity index is 2.08. The first-order valence-electron chi connectivity index (χ1n) is 6.76. The van der Waals surface area contributed by atoms with Crippen molar-refractivity contribution in [1.29, 1.82) is 0 Å². The fourth-order valence-corrected chi connectivity index (χ4v) is 2.55. The molecule has 0 fully saturated rings. The van der Waals surface area contributed by atoms with Crippen molar-refractivity contribution >= 4 is 11.4 Å². The van der Waals surface area contributed by atoms with Crippen molar-refractivity contribution < 1.29 is 9.66 Å². The maximum absolute atomic E-state index is 11.2. The van der Waals surface area contributed by atoms with Gasteiger partial charge < -0.3 is 10.1 Å². The van der Waals surface area contributed by atoms with Gasteiger partial charge >= 0.3 is 0 Å². The second-order valence-electron chi connectivity index (χ2n) is 4.97. The number of nitro benzene ring substituents is 1. The minimum absolute atomic E-state index is 0.0148. The Labute approximate surface area is 121 Å². The molecule has 1 atom stereocenters. The Morgan fingerprint density at radius 1 is 1.38 bits per heavy atom. The lowest BCUT2D eigenvalue weighted by Crippen LogP contribution is -2.44. The second kappa shape index (κ2) is 5.05. The highest BCUT2D eigenvalue weighted by Crippen LogP contribution is 2.43. The lowest BCUT2D eigenvalue weighted by Gasteiger charge is -2.38. The van der Waals surface area contributed by atoms with Crippen molar-refractivity contribution in [2.75, 3.05) is 11.9 Å². The fraction of sp³-hybridized carbons (Fsp3) is 0.267. The van der Waals surface area contributed by atoms with Gasteiger partial charge in [0, 0.05) is 12.3 Å². The van der Waals surface area contributed by atoms with Crippen LogP contribution in [0.15, 0.2) is 42.6 Å². The predicted octanol–water partition coefficient (Wildman–Crippen LogP) is 3.10. The second-order valence-corrected chi connectivity index (χ2v) is 4.97. The van der Waals surface area contributed by atoms with E-state index in [0.717, 1.165) is 5.69 Å². The molecule has 0 spiro atoms. The Morgan fingerprint density at radius 3 is 2.90 bits per heavy atom. The standard InChI is InChI=1S/C15H15N3O3/c1-2-15(13-8-3-4-9-16-13)10-21-12-7-5-6-11(18(19)20)14(12)17-15/h3-9,17H,2,10H2,1H3. The highest BCUT2D eigenvalue weighted by Gasteiger charge is 2.39. The van der Waals surface area contributed by atoms with E-state index in [4.69, 9.17) is 4.74 Å². The van der Waals surface area contributed by atoms with Gasteiger partial charge in [-0.2, -0.15) is 0 Å². The Kier molecular flexibility index (Phi) is 3.21. The minimum atomic E-state index is -0.555. The number of pyridine rings is 1. The number of hydrogen-bond donors (Lipinski definition) is 1. The predicted molar refractivity (Wildman–Crippen MR) is 78.4 cm³/mol. The molecule has 0 amide bonds. The molecule has 1 aromatic carbocycles. The molecule has 0 saturated heterocycles. The van der Waals surface area contributed by atoms with Crippen molar-refractivity contribution in [2.45, 2.75) is 18.9 Å². The van der Waals surface area contributed by atoms with Crippen LogP contribution in [0, 0.1) is 10.1 Å². The molecule has 6 nitrogen and oxygen atoms in total. The van der Waals surface area contributed by atoms with Gasteiger partial charge in [-0.25, -0.2) is 0 Å². The number of rotatable bonds is 3. The number of hydrogen-bond acceptors (Lipinski definition) is 5. The van der Waals surface area contributed by atoms with E-state index in [9.17, 15) is 10.1 Å². The number of nitro groups is 1. The Hall–Kier alpha value is -2.63. The summed E-state index contributed by atoms with van der Waals surface area (Å²) in [6.45, 7) is 2.39. The zero-order valence-corrected chi connectivity index (χ0v) is 11.6. The van der Waals surface area contributed by atoms with Crippen molar-refractivity contribution in [3.63, 3.8) is 0 Å². The van der Waals surface area contributed by atoms with Crippen molar-refractivity contribution in [3.05, 3.63) is 58.4 Å². The van der Waals surface area contributed by atoms with E-state index in [2.05, 4.69) is 10.3 Å². The van der Waals surface area contributed by atoms with Crippen LogP contribution < -0.4 is 10.1 Å². The number of para-hydroxylation sites is 1. The third-order valence-corrected chi connectivity index (χ3v) is 3.80. The first-order valence-corrected chi connectivity index (χ1v) is 6.76. The average molecular weight is 285 g/mol. The van der Waals surface area contributed by atoms with E-state index >= 15 is 0 Å². The zero-order valence-electron chi connectivity index (χ0n) is 11.6. The maximum atomic E-state index is 11.2. The summed E-state index contributed by atoms with van der Waals surface area (Å²) < 4.78 is 5.77. The minimum Gasteiger partial charge on any atom is -0.488 e. The lowest BCUT2D eigenvalue weighted by molar-refractivity contribution is -0.384. The maximum Gasteiger partial charge on any atom is 0.296 e. The topological polar surface area (TPSA) is 77.3 Å². The molecule has 1 unspecified atom stereocenters. The summed E-state index contributed by atoms with van der Waals surface area (Å²) in [5.74, 6) is 0.504. The van der Waals surface area contributed by atoms with Crippen LogP contribution in [-0.4, -0.2) is 16.5 Å². The van der Waals surface area contributed by atoms with Crippen molar-refractivity contribution in [3.8, 4) is 5.75 Å². The fourth-order valence-electron chi connectivity index (χ4n) is 2.55. The smallest absolute Gasteiger partial charge is 0.296 e. The molecule has 1 aliphatic heterocycles. The zero-order chi connectivity index (χ0) is 14.9. The number of ether oxygens (including phenoxy) is 1. The van der Waals surface area contributed by atoms with Crippen molar-refractivity contribution in [2.24, 2.45) is 0 Å². The Bertz CT molecular complexity index is 675. The summed E-state index contributed by atoms with van der Waals surface area (Å²) in [4.78, 5) is 15.2. The van der Waals surface area contributed by atoms with Crippen LogP contribution in [0.2, 0.25) is 0 Å². The van der Waals surface area contributed by atoms with E-state index in [1.807, 2.05) is 25.1 Å². The molecular weight excluding hydrogens is 270 g/mol. The SMILES string of the molecule is CCC1(c2ccccn2)COc2cccc([N+](=O)[O-])c2N1. The third-order valence-electron chi connectivity index (χ3n) is 3.80. The van der Waals surface area contributed by atoms with Crippen molar-refractivity contribution in [1.82, 2.24) is 4.98 Å². The largest absolute Gasteiger partial charge is 0.488 e. The number of nitrogens with one attached hydrogen (secondary N) is 1. The van der Waals surface area contributed by atoms with Crippen LogP contribution in [-0.2, 0) is 5.54 Å². The number of anilines is 1. The quantitative estimate of drug-likeness (QED) is 0.692. The molecule has 2 heterocycles. The van der Waals surface area contributed by atoms with Crippen LogP contribution in [0.5, 0.6) is 5.75 Å². The molecule has 1 N–H and O–H groups in total. The van der Waals surface area contributed by atoms with Crippen LogP contribution >= 0.6 is 0 Å². The van der Waals surface area contributed by atoms with Gasteiger partial charge in [-0.05, 0) is 24.6 Å². The highest BCUT2D eigenvalue weighted by atomic mass is 16.6. The van der Waals surface area contributed by atoms with Crippen LogP contribution in [0.4, 0.5) is 11.4 Å². The number of fused-ring (bicyclic) bond motifs is 1. The molecule has 0 aliphatic carbocycles. The van der Waals surface area contributed by atoms with E-state index in [0.29, 0.717) is 24.5 Å². The average Bonchev–Trinajstić information content (AvgIpc) is 2.54. The summed E-state index contributed by atoms with van der Waals surface area (Å²) >= 11 is 0. The summed E-state index contributed by atoms with van der Waals surface area (Å²) in [6, 6.07) is 10.5. The van der Waals surface area contributed by atoms with Gasteiger partial charge in [0.05, 0.1) is 10.6 Å². The van der Waals surface area contributed by atoms with Crippen LogP contribution in [0.3, 0.4) is 0 Å². The molecule has 2 aromatic rings. The van der Waals surface area contributed by atoms with Gasteiger partial charge in [0.15, 0.2) is 5.69 Å². The van der Waals surface area contributed by atoms with Gasteiger partial charge in [0.25, 0.3) is 5.69 Å². The van der Waals surface area contributed by atoms with Gasteiger partial charge in [-0.15, -0.1) is 0 Å². The van der Waals surface area contributed by atoms with Gasteiger partial charge in [-0.1, -0.05) is 19.1 Å². The molecule has 0 saturated carbocycles. The number of nitrogens with zero attached hydrogens (tertiary/aromatic N) is 2. The highest BCUT2D eigenvalue weighted by molar-refractivity contribution is 5.72. The van der Waals surface area contributed by atoms with Crippen LogP contribution in [0.25, 0.3) is 0 Å². The van der Waals surface area contributed by atoms with Gasteiger partial charge in [-0.3, -0.25) is 15.1 Å². The third kappa shape index (κ3) is 2.18.